The molecule has 9 nitrogen and oxygen atoms in total. The van der Waals surface area contributed by atoms with E-state index in [1.165, 1.54) is 4.90 Å². The lowest BCUT2D eigenvalue weighted by Crippen LogP contribution is -2.47. The fourth-order valence-electron chi connectivity index (χ4n) is 5.56. The van der Waals surface area contributed by atoms with E-state index in [1.807, 2.05) is 23.1 Å². The molecule has 1 aromatic heterocycles. The number of ether oxygens (including phenoxy) is 2. The van der Waals surface area contributed by atoms with Crippen molar-refractivity contribution in [2.75, 3.05) is 39.9 Å². The smallest absolute Gasteiger partial charge is 0.409 e. The van der Waals surface area contributed by atoms with Crippen molar-refractivity contribution < 1.29 is 19.1 Å². The van der Waals surface area contributed by atoms with E-state index < -0.39 is 18.1 Å². The first-order chi connectivity index (χ1) is 18.5. The highest BCUT2D eigenvalue weighted by molar-refractivity contribution is 6.32. The average Bonchev–Trinajstić information content (AvgIpc) is 3.50. The van der Waals surface area contributed by atoms with Gasteiger partial charge in [0, 0.05) is 58.4 Å². The maximum absolute atomic E-state index is 13.6. The van der Waals surface area contributed by atoms with E-state index in [4.69, 9.17) is 31.8 Å². The molecular formula is C28H34ClN5O4. The van der Waals surface area contributed by atoms with Crippen molar-refractivity contribution in [3.05, 3.63) is 59.4 Å². The number of aromatic nitrogens is 2. The van der Waals surface area contributed by atoms with Crippen molar-refractivity contribution in [1.82, 2.24) is 19.4 Å². The van der Waals surface area contributed by atoms with Crippen molar-refractivity contribution in [1.29, 1.82) is 0 Å². The minimum atomic E-state index is -0.551. The standard InChI is InChI=1S/C28H34ClN5O4/c1-37-15-7-14-34-24-11-4-3-10-23(24)31-26(34)19-8-6-13-32(16-19)27(35)20-17-33(18-22(20)30)28(36)38-25-12-5-2-9-21(25)29/h2-5,9-12,19-20,22H,6-8,13-18,30H2,1H3/t19-,20-,22-/m1/s1. The summed E-state index contributed by atoms with van der Waals surface area (Å²) in [5.74, 6) is 0.933. The summed E-state index contributed by atoms with van der Waals surface area (Å²) in [6.45, 7) is 3.22. The topological polar surface area (TPSA) is 103 Å². The second kappa shape index (κ2) is 11.7. The summed E-state index contributed by atoms with van der Waals surface area (Å²) in [7, 11) is 1.71. The number of amides is 2. The molecule has 2 N–H and O–H groups in total. The number of nitrogens with two attached hydrogens (primary N) is 1. The highest BCUT2D eigenvalue weighted by atomic mass is 35.5. The van der Waals surface area contributed by atoms with Gasteiger partial charge in [0.1, 0.15) is 5.82 Å². The van der Waals surface area contributed by atoms with Gasteiger partial charge >= 0.3 is 6.09 Å². The number of aryl methyl sites for hydroxylation is 1. The van der Waals surface area contributed by atoms with Gasteiger partial charge in [0.2, 0.25) is 5.91 Å². The number of para-hydroxylation sites is 3. The van der Waals surface area contributed by atoms with E-state index in [-0.39, 0.29) is 30.7 Å². The molecule has 0 aliphatic carbocycles. The minimum absolute atomic E-state index is 0.0164. The number of hydrogen-bond acceptors (Lipinski definition) is 6. The number of hydrogen-bond donors (Lipinski definition) is 1. The van der Waals surface area contributed by atoms with Gasteiger partial charge in [0.15, 0.2) is 5.75 Å². The molecule has 3 atom stereocenters. The third kappa shape index (κ3) is 5.50. The van der Waals surface area contributed by atoms with Crippen LogP contribution in [0.1, 0.15) is 31.0 Å². The number of fused-ring (bicyclic) bond motifs is 1. The maximum atomic E-state index is 13.6. The first kappa shape index (κ1) is 26.5. The molecule has 2 aliphatic rings. The predicted octanol–water partition coefficient (Wildman–Crippen LogP) is 3.89. The fraction of sp³-hybridized carbons (Fsp3) is 0.464. The Kier molecular flexibility index (Phi) is 8.16. The number of imidazole rings is 1. The molecule has 3 aromatic rings. The number of methoxy groups -OCH3 is 1. The Hall–Kier alpha value is -3.14. The fourth-order valence-corrected chi connectivity index (χ4v) is 5.73. The SMILES string of the molecule is COCCCn1c([C@@H]2CCCN(C(=O)[C@@H]3CN(C(=O)Oc4ccccc4Cl)C[C@H]3N)C2)nc2ccccc21. The summed E-state index contributed by atoms with van der Waals surface area (Å²) in [5, 5.41) is 0.351. The number of benzene rings is 2. The van der Waals surface area contributed by atoms with Crippen LogP contribution in [0.3, 0.4) is 0 Å². The Balaban J connectivity index is 1.27. The first-order valence-corrected chi connectivity index (χ1v) is 13.5. The van der Waals surface area contributed by atoms with Crippen molar-refractivity contribution in [2.24, 2.45) is 11.7 Å². The maximum Gasteiger partial charge on any atom is 0.415 e. The van der Waals surface area contributed by atoms with E-state index >= 15 is 0 Å². The van der Waals surface area contributed by atoms with Gasteiger partial charge in [-0.25, -0.2) is 9.78 Å². The van der Waals surface area contributed by atoms with Crippen LogP contribution in [0, 0.1) is 5.92 Å². The van der Waals surface area contributed by atoms with Gasteiger partial charge in [-0.05, 0) is 43.5 Å². The molecule has 10 heteroatoms. The Morgan fingerprint density at radius 2 is 1.87 bits per heavy atom. The summed E-state index contributed by atoms with van der Waals surface area (Å²) in [5.41, 5.74) is 8.45. The molecule has 3 heterocycles. The highest BCUT2D eigenvalue weighted by Crippen LogP contribution is 2.32. The number of nitrogens with zero attached hydrogens (tertiary/aromatic N) is 4. The average molecular weight is 540 g/mol. The second-order valence-electron chi connectivity index (χ2n) is 10.1. The summed E-state index contributed by atoms with van der Waals surface area (Å²) in [6.07, 6.45) is 2.18. The van der Waals surface area contributed by atoms with Crippen molar-refractivity contribution >= 4 is 34.6 Å². The van der Waals surface area contributed by atoms with Gasteiger partial charge in [-0.15, -0.1) is 0 Å². The van der Waals surface area contributed by atoms with Crippen molar-refractivity contribution in [2.45, 2.75) is 37.8 Å². The molecule has 0 spiro atoms. The molecule has 2 aromatic carbocycles. The lowest BCUT2D eigenvalue weighted by atomic mass is 9.94. The Bertz CT molecular complexity index is 1300. The zero-order chi connectivity index (χ0) is 26.6. The number of carbonyl (C=O) groups is 2. The summed E-state index contributed by atoms with van der Waals surface area (Å²) in [6, 6.07) is 14.5. The van der Waals surface area contributed by atoms with Gasteiger partial charge in [-0.3, -0.25) is 4.79 Å². The molecule has 0 bridgehead atoms. The number of piperidine rings is 1. The summed E-state index contributed by atoms with van der Waals surface area (Å²) in [4.78, 5) is 34.8. The molecule has 202 valence electrons. The van der Waals surface area contributed by atoms with E-state index in [9.17, 15) is 9.59 Å². The van der Waals surface area contributed by atoms with E-state index in [1.54, 1.807) is 31.4 Å². The van der Waals surface area contributed by atoms with Crippen LogP contribution in [0.4, 0.5) is 4.79 Å². The molecule has 38 heavy (non-hydrogen) atoms. The second-order valence-corrected chi connectivity index (χ2v) is 10.5. The number of likely N-dealkylation sites (tertiary alicyclic amines) is 2. The summed E-state index contributed by atoms with van der Waals surface area (Å²) < 4.78 is 13.0. The van der Waals surface area contributed by atoms with Crippen molar-refractivity contribution in [3.8, 4) is 5.75 Å². The van der Waals surface area contributed by atoms with E-state index in [2.05, 4.69) is 10.6 Å². The lowest BCUT2D eigenvalue weighted by Gasteiger charge is -2.34. The Labute approximate surface area is 227 Å². The molecule has 0 unspecified atom stereocenters. The molecular weight excluding hydrogens is 506 g/mol. The number of carbonyl (C=O) groups excluding carboxylic acids is 2. The van der Waals surface area contributed by atoms with Crippen LogP contribution in [-0.2, 0) is 16.1 Å². The van der Waals surface area contributed by atoms with Crippen LogP contribution in [0.15, 0.2) is 48.5 Å². The van der Waals surface area contributed by atoms with E-state index in [0.29, 0.717) is 24.7 Å². The quantitative estimate of drug-likeness (QED) is 0.457. The van der Waals surface area contributed by atoms with Crippen LogP contribution in [-0.4, -0.2) is 77.3 Å². The number of rotatable bonds is 7. The zero-order valence-electron chi connectivity index (χ0n) is 21.6. The van der Waals surface area contributed by atoms with Gasteiger partial charge in [-0.2, -0.15) is 0 Å². The third-order valence-electron chi connectivity index (χ3n) is 7.49. The molecule has 5 rings (SSSR count). The molecule has 0 saturated carbocycles. The first-order valence-electron chi connectivity index (χ1n) is 13.2. The largest absolute Gasteiger partial charge is 0.415 e. The van der Waals surface area contributed by atoms with Crippen LogP contribution >= 0.6 is 11.6 Å². The molecule has 0 radical (unpaired) electrons. The monoisotopic (exact) mass is 539 g/mol. The Morgan fingerprint density at radius 3 is 2.68 bits per heavy atom. The molecule has 2 saturated heterocycles. The van der Waals surface area contributed by atoms with Gasteiger partial charge in [-0.1, -0.05) is 35.9 Å². The van der Waals surface area contributed by atoms with Crippen LogP contribution < -0.4 is 10.5 Å². The molecule has 2 fully saturated rings. The number of halogens is 1. The zero-order valence-corrected chi connectivity index (χ0v) is 22.3. The van der Waals surface area contributed by atoms with Crippen LogP contribution in [0.25, 0.3) is 11.0 Å². The normalized spacial score (nSPS) is 21.7. The van der Waals surface area contributed by atoms with Crippen molar-refractivity contribution in [3.63, 3.8) is 0 Å². The summed E-state index contributed by atoms with van der Waals surface area (Å²) >= 11 is 6.13. The molecule has 2 aliphatic heterocycles. The highest BCUT2D eigenvalue weighted by Gasteiger charge is 2.41. The Morgan fingerprint density at radius 1 is 1.08 bits per heavy atom. The van der Waals surface area contributed by atoms with Crippen LogP contribution in [0.5, 0.6) is 5.75 Å². The van der Waals surface area contributed by atoms with Gasteiger partial charge in [0.25, 0.3) is 0 Å². The third-order valence-corrected chi connectivity index (χ3v) is 7.80. The predicted molar refractivity (Wildman–Crippen MR) is 145 cm³/mol. The van der Waals surface area contributed by atoms with Gasteiger partial charge in [0.05, 0.1) is 22.0 Å². The minimum Gasteiger partial charge on any atom is -0.409 e. The molecule has 2 amide bonds. The van der Waals surface area contributed by atoms with Gasteiger partial charge < -0.3 is 29.6 Å². The van der Waals surface area contributed by atoms with E-state index in [0.717, 1.165) is 42.7 Å². The lowest BCUT2D eigenvalue weighted by molar-refractivity contribution is -0.136. The van der Waals surface area contributed by atoms with Crippen LogP contribution in [0.2, 0.25) is 5.02 Å².